The van der Waals surface area contributed by atoms with Gasteiger partial charge in [-0.2, -0.15) is 0 Å². The summed E-state index contributed by atoms with van der Waals surface area (Å²) < 4.78 is 32.0. The number of methoxy groups -OCH3 is 1. The number of hydrogen-bond donors (Lipinski definition) is 1. The Hall–Kier alpha value is -2.91. The Morgan fingerprint density at radius 3 is 2.49 bits per heavy atom. The first-order valence-electron chi connectivity index (χ1n) is 12.3. The summed E-state index contributed by atoms with van der Waals surface area (Å²) in [5.74, 6) is 1.52. The lowest BCUT2D eigenvalue weighted by molar-refractivity contribution is -0.133. The van der Waals surface area contributed by atoms with Gasteiger partial charge in [0, 0.05) is 51.3 Å². The van der Waals surface area contributed by atoms with E-state index in [-0.39, 0.29) is 10.8 Å². The summed E-state index contributed by atoms with van der Waals surface area (Å²) in [5.41, 5.74) is 1.93. The zero-order valence-corrected chi connectivity index (χ0v) is 21.1. The Bertz CT molecular complexity index is 1140. The number of amidine groups is 1. The van der Waals surface area contributed by atoms with Crippen LogP contribution in [0.25, 0.3) is 0 Å². The number of carbonyl (C=O) groups is 1. The molecule has 2 aromatic carbocycles. The Balaban J connectivity index is 1.10. The van der Waals surface area contributed by atoms with Gasteiger partial charge in [0.05, 0.1) is 12.0 Å². The highest BCUT2D eigenvalue weighted by Crippen LogP contribution is 2.22. The van der Waals surface area contributed by atoms with Gasteiger partial charge in [0.1, 0.15) is 11.6 Å². The molecule has 0 unspecified atom stereocenters. The molecule has 0 saturated carbocycles. The van der Waals surface area contributed by atoms with Crippen LogP contribution in [0.4, 0.5) is 0 Å². The van der Waals surface area contributed by atoms with E-state index < -0.39 is 10.0 Å². The Morgan fingerprint density at radius 1 is 1.00 bits per heavy atom. The lowest BCUT2D eigenvalue weighted by Gasteiger charge is -2.34. The molecule has 1 N–H and O–H groups in total. The molecule has 0 aliphatic carbocycles. The van der Waals surface area contributed by atoms with Crippen LogP contribution < -0.4 is 9.46 Å². The van der Waals surface area contributed by atoms with Gasteiger partial charge in [0.15, 0.2) is 0 Å². The molecule has 0 atom stereocenters. The molecule has 8 nitrogen and oxygen atoms in total. The maximum absolute atomic E-state index is 12.6. The van der Waals surface area contributed by atoms with Gasteiger partial charge in [0.25, 0.3) is 10.0 Å². The van der Waals surface area contributed by atoms with Gasteiger partial charge in [-0.1, -0.05) is 30.7 Å². The fraction of sp³-hybridized carbons (Fsp3) is 0.462. The Labute approximate surface area is 208 Å². The van der Waals surface area contributed by atoms with Crippen molar-refractivity contribution in [3.63, 3.8) is 0 Å². The van der Waals surface area contributed by atoms with Gasteiger partial charge in [-0.3, -0.25) is 19.4 Å². The number of fused-ring (bicyclic) bond motifs is 1. The molecule has 2 aliphatic heterocycles. The van der Waals surface area contributed by atoms with Gasteiger partial charge in [-0.05, 0) is 49.1 Å². The number of benzene rings is 2. The van der Waals surface area contributed by atoms with Gasteiger partial charge in [-0.15, -0.1) is 0 Å². The summed E-state index contributed by atoms with van der Waals surface area (Å²) in [6.45, 7) is 4.93. The van der Waals surface area contributed by atoms with Crippen LogP contribution in [-0.4, -0.2) is 76.3 Å². The molecule has 2 aromatic rings. The van der Waals surface area contributed by atoms with E-state index in [0.717, 1.165) is 64.2 Å². The van der Waals surface area contributed by atoms with Crippen molar-refractivity contribution >= 4 is 21.8 Å². The van der Waals surface area contributed by atoms with Gasteiger partial charge >= 0.3 is 0 Å². The number of sulfonamides is 1. The molecular weight excluding hydrogens is 464 g/mol. The van der Waals surface area contributed by atoms with Crippen LogP contribution in [-0.2, 0) is 21.2 Å². The average Bonchev–Trinajstić information content (AvgIpc) is 3.15. The first-order chi connectivity index (χ1) is 17.0. The van der Waals surface area contributed by atoms with E-state index in [9.17, 15) is 13.2 Å². The molecule has 1 saturated heterocycles. The molecule has 0 radical (unpaired) electrons. The van der Waals surface area contributed by atoms with Crippen molar-refractivity contribution in [2.45, 2.75) is 37.0 Å². The van der Waals surface area contributed by atoms with E-state index >= 15 is 0 Å². The summed E-state index contributed by atoms with van der Waals surface area (Å²) in [6.07, 6.45) is 4.08. The van der Waals surface area contributed by atoms with E-state index in [4.69, 9.17) is 4.74 Å². The van der Waals surface area contributed by atoms with Crippen molar-refractivity contribution in [2.24, 2.45) is 4.99 Å². The van der Waals surface area contributed by atoms with Crippen LogP contribution in [0.1, 0.15) is 36.8 Å². The molecule has 9 heteroatoms. The third-order valence-corrected chi connectivity index (χ3v) is 7.98. The molecule has 0 spiro atoms. The molecule has 4 rings (SSSR count). The smallest absolute Gasteiger partial charge is 0.263 e. The molecule has 2 heterocycles. The molecule has 1 amide bonds. The quantitative estimate of drug-likeness (QED) is 0.509. The number of nitrogens with zero attached hydrogens (tertiary/aromatic N) is 3. The summed E-state index contributed by atoms with van der Waals surface area (Å²) in [6, 6.07) is 15.1. The van der Waals surface area contributed by atoms with E-state index in [1.165, 1.54) is 5.56 Å². The van der Waals surface area contributed by atoms with E-state index in [2.05, 4.69) is 26.7 Å². The lowest BCUT2D eigenvalue weighted by atomic mass is 10.1. The normalized spacial score (nSPS) is 18.3. The number of nitrogens with one attached hydrogen (secondary N) is 1. The van der Waals surface area contributed by atoms with Crippen molar-refractivity contribution in [3.8, 4) is 5.75 Å². The molecule has 1 fully saturated rings. The molecule has 35 heavy (non-hydrogen) atoms. The first-order valence-corrected chi connectivity index (χ1v) is 13.7. The zero-order chi connectivity index (χ0) is 24.7. The number of carbonyl (C=O) groups excluding carboxylic acids is 1. The minimum absolute atomic E-state index is 0.226. The van der Waals surface area contributed by atoms with Crippen LogP contribution in [0.15, 0.2) is 58.4 Å². The fourth-order valence-corrected chi connectivity index (χ4v) is 5.72. The van der Waals surface area contributed by atoms with E-state index in [1.807, 2.05) is 23.1 Å². The fourth-order valence-electron chi connectivity index (χ4n) is 4.47. The SMILES string of the molecule is COc1ccc(CCN2CCN(C(=O)CCCCCN=C3NS(=O)(=O)c4ccccc43)CC2)cc1. The molecular formula is C26H34N4O4S. The highest BCUT2D eigenvalue weighted by Gasteiger charge is 2.29. The van der Waals surface area contributed by atoms with Crippen LogP contribution >= 0.6 is 0 Å². The standard InChI is InChI=1S/C26H34N4O4S/c1-34-22-12-10-21(11-13-22)14-16-29-17-19-30(20-18-29)25(31)9-3-2-6-15-27-26-23-7-4-5-8-24(23)35(32,33)28-26/h4-5,7-8,10-13H,2-3,6,9,14-20H2,1H3,(H,27,28). The third-order valence-electron chi connectivity index (χ3n) is 6.58. The number of ether oxygens (including phenoxy) is 1. The van der Waals surface area contributed by atoms with E-state index in [1.54, 1.807) is 25.3 Å². The predicted molar refractivity (Wildman–Crippen MR) is 136 cm³/mol. The second-order valence-corrected chi connectivity index (χ2v) is 10.6. The van der Waals surface area contributed by atoms with Crippen molar-refractivity contribution in [3.05, 3.63) is 59.7 Å². The van der Waals surface area contributed by atoms with Gasteiger partial charge in [0.2, 0.25) is 5.91 Å². The third kappa shape index (κ3) is 6.61. The number of rotatable bonds is 10. The molecule has 2 aliphatic rings. The number of amides is 1. The van der Waals surface area contributed by atoms with Crippen molar-refractivity contribution < 1.29 is 17.9 Å². The Morgan fingerprint density at radius 2 is 1.74 bits per heavy atom. The minimum Gasteiger partial charge on any atom is -0.497 e. The van der Waals surface area contributed by atoms with Crippen LogP contribution in [0.3, 0.4) is 0 Å². The maximum atomic E-state index is 12.6. The second kappa shape index (κ2) is 11.7. The van der Waals surface area contributed by atoms with Crippen LogP contribution in [0.2, 0.25) is 0 Å². The number of hydrogen-bond acceptors (Lipinski definition) is 6. The zero-order valence-electron chi connectivity index (χ0n) is 20.3. The highest BCUT2D eigenvalue weighted by molar-refractivity contribution is 7.90. The Kier molecular flexibility index (Phi) is 8.41. The highest BCUT2D eigenvalue weighted by atomic mass is 32.2. The monoisotopic (exact) mass is 498 g/mol. The van der Waals surface area contributed by atoms with Crippen molar-refractivity contribution in [1.82, 2.24) is 14.5 Å². The minimum atomic E-state index is -3.49. The second-order valence-electron chi connectivity index (χ2n) is 8.96. The van der Waals surface area contributed by atoms with Gasteiger partial charge < -0.3 is 9.64 Å². The topological polar surface area (TPSA) is 91.3 Å². The van der Waals surface area contributed by atoms with Crippen LogP contribution in [0.5, 0.6) is 5.75 Å². The number of piperazine rings is 1. The molecule has 0 bridgehead atoms. The first kappa shape index (κ1) is 25.2. The lowest BCUT2D eigenvalue weighted by Crippen LogP contribution is -2.49. The average molecular weight is 499 g/mol. The summed E-state index contributed by atoms with van der Waals surface area (Å²) >= 11 is 0. The largest absolute Gasteiger partial charge is 0.497 e. The summed E-state index contributed by atoms with van der Waals surface area (Å²) in [4.78, 5) is 21.7. The summed E-state index contributed by atoms with van der Waals surface area (Å²) in [5, 5.41) is 0. The van der Waals surface area contributed by atoms with E-state index in [0.29, 0.717) is 24.4 Å². The molecule has 0 aromatic heterocycles. The van der Waals surface area contributed by atoms with Crippen LogP contribution in [0, 0.1) is 0 Å². The number of aliphatic imine (C=N–C) groups is 1. The van der Waals surface area contributed by atoms with Gasteiger partial charge in [-0.25, -0.2) is 8.42 Å². The van der Waals surface area contributed by atoms with Crippen molar-refractivity contribution in [1.29, 1.82) is 0 Å². The maximum Gasteiger partial charge on any atom is 0.263 e. The summed E-state index contributed by atoms with van der Waals surface area (Å²) in [7, 11) is -1.81. The number of unbranched alkanes of at least 4 members (excludes halogenated alkanes) is 2. The predicted octanol–water partition coefficient (Wildman–Crippen LogP) is 2.68. The van der Waals surface area contributed by atoms with Crippen molar-refractivity contribution in [2.75, 3.05) is 46.4 Å². The molecule has 188 valence electrons.